The number of hydrogen-bond acceptors (Lipinski definition) is 2. The quantitative estimate of drug-likeness (QED) is 0.605. The molecule has 0 atom stereocenters. The molecular formula is C15H8FIO2. The molecule has 0 bridgehead atoms. The summed E-state index contributed by atoms with van der Waals surface area (Å²) in [6.07, 6.45) is 0. The third-order valence-electron chi connectivity index (χ3n) is 2.85. The van der Waals surface area contributed by atoms with Crippen LogP contribution in [0, 0.1) is 9.39 Å². The molecule has 4 heteroatoms. The Morgan fingerprint density at radius 2 is 1.74 bits per heavy atom. The summed E-state index contributed by atoms with van der Waals surface area (Å²) in [6, 6.07) is 13.7. The molecule has 0 radical (unpaired) electrons. The van der Waals surface area contributed by atoms with Crippen molar-refractivity contribution in [1.29, 1.82) is 0 Å². The van der Waals surface area contributed by atoms with Crippen LogP contribution in [0.2, 0.25) is 0 Å². The highest BCUT2D eigenvalue weighted by Crippen LogP contribution is 2.27. The average Bonchev–Trinajstić information content (AvgIpc) is 2.43. The Morgan fingerprint density at radius 3 is 2.47 bits per heavy atom. The van der Waals surface area contributed by atoms with Gasteiger partial charge in [0.2, 0.25) is 5.43 Å². The second-order valence-corrected chi connectivity index (χ2v) is 5.13. The zero-order valence-electron chi connectivity index (χ0n) is 9.69. The molecule has 3 rings (SSSR count). The molecule has 0 aliphatic rings. The molecule has 19 heavy (non-hydrogen) atoms. The maximum Gasteiger partial charge on any atom is 0.209 e. The van der Waals surface area contributed by atoms with Crippen molar-refractivity contribution in [2.75, 3.05) is 0 Å². The van der Waals surface area contributed by atoms with Crippen LogP contribution >= 0.6 is 22.6 Å². The van der Waals surface area contributed by atoms with Crippen molar-refractivity contribution in [2.24, 2.45) is 0 Å². The number of benzene rings is 2. The molecule has 0 spiro atoms. The van der Waals surface area contributed by atoms with Gasteiger partial charge in [-0.05, 0) is 34.7 Å². The van der Waals surface area contributed by atoms with Crippen LogP contribution < -0.4 is 5.43 Å². The van der Waals surface area contributed by atoms with Gasteiger partial charge in [0.15, 0.2) is 5.76 Å². The maximum atomic E-state index is 13.7. The molecule has 1 aromatic heterocycles. The van der Waals surface area contributed by atoms with Crippen molar-refractivity contribution in [2.45, 2.75) is 0 Å². The van der Waals surface area contributed by atoms with E-state index in [-0.39, 0.29) is 16.4 Å². The molecule has 0 N–H and O–H groups in total. The molecule has 3 aromatic rings. The highest BCUT2D eigenvalue weighted by Gasteiger charge is 2.15. The van der Waals surface area contributed by atoms with E-state index in [0.29, 0.717) is 9.33 Å². The van der Waals surface area contributed by atoms with E-state index in [2.05, 4.69) is 0 Å². The van der Waals surface area contributed by atoms with E-state index in [1.807, 2.05) is 52.9 Å². The lowest BCUT2D eigenvalue weighted by Gasteiger charge is -2.06. The van der Waals surface area contributed by atoms with Crippen LogP contribution in [0.25, 0.3) is 22.3 Å². The van der Waals surface area contributed by atoms with Crippen LogP contribution in [-0.2, 0) is 0 Å². The third kappa shape index (κ3) is 2.06. The van der Waals surface area contributed by atoms with Crippen LogP contribution in [0.4, 0.5) is 4.39 Å². The van der Waals surface area contributed by atoms with E-state index >= 15 is 0 Å². The fraction of sp³-hybridized carbons (Fsp3) is 0. The zero-order valence-corrected chi connectivity index (χ0v) is 11.8. The first kappa shape index (κ1) is 12.3. The topological polar surface area (TPSA) is 30.2 Å². The van der Waals surface area contributed by atoms with Crippen LogP contribution in [0.1, 0.15) is 0 Å². The molecule has 0 fully saturated rings. The first-order chi connectivity index (χ1) is 9.18. The third-order valence-corrected chi connectivity index (χ3v) is 3.83. The van der Waals surface area contributed by atoms with Crippen molar-refractivity contribution in [3.05, 3.63) is 68.1 Å². The van der Waals surface area contributed by atoms with E-state index in [1.165, 1.54) is 12.1 Å². The average molecular weight is 366 g/mol. The van der Waals surface area contributed by atoms with Crippen molar-refractivity contribution in [3.8, 4) is 11.3 Å². The lowest BCUT2D eigenvalue weighted by atomic mass is 10.1. The molecule has 94 valence electrons. The van der Waals surface area contributed by atoms with Gasteiger partial charge >= 0.3 is 0 Å². The lowest BCUT2D eigenvalue weighted by Crippen LogP contribution is -2.09. The minimum absolute atomic E-state index is 0.00609. The van der Waals surface area contributed by atoms with Crippen molar-refractivity contribution < 1.29 is 8.81 Å². The standard InChI is InChI=1S/C15H8FIO2/c16-10-7-4-8-11-12(10)14(18)13(17)15(19-11)9-5-2-1-3-6-9/h1-8H. The summed E-state index contributed by atoms with van der Waals surface area (Å²) < 4.78 is 19.8. The van der Waals surface area contributed by atoms with E-state index in [9.17, 15) is 9.18 Å². The summed E-state index contributed by atoms with van der Waals surface area (Å²) >= 11 is 1.90. The Hall–Kier alpha value is -1.69. The van der Waals surface area contributed by atoms with Gasteiger partial charge in [0, 0.05) is 5.56 Å². The van der Waals surface area contributed by atoms with Gasteiger partial charge in [-0.15, -0.1) is 0 Å². The van der Waals surface area contributed by atoms with E-state index in [1.54, 1.807) is 6.07 Å². The molecule has 2 nitrogen and oxygen atoms in total. The van der Waals surface area contributed by atoms with E-state index < -0.39 is 5.82 Å². The van der Waals surface area contributed by atoms with Gasteiger partial charge in [-0.2, -0.15) is 0 Å². The lowest BCUT2D eigenvalue weighted by molar-refractivity contribution is 0.601. The largest absolute Gasteiger partial charge is 0.455 e. The zero-order chi connectivity index (χ0) is 13.4. The highest BCUT2D eigenvalue weighted by molar-refractivity contribution is 14.1. The first-order valence-electron chi connectivity index (χ1n) is 5.65. The van der Waals surface area contributed by atoms with Gasteiger partial charge in [-0.25, -0.2) is 4.39 Å². The fourth-order valence-corrected chi connectivity index (χ4v) is 2.64. The smallest absolute Gasteiger partial charge is 0.209 e. The van der Waals surface area contributed by atoms with Crippen molar-refractivity contribution in [1.82, 2.24) is 0 Å². The molecule has 0 saturated heterocycles. The Morgan fingerprint density at radius 1 is 1.00 bits per heavy atom. The molecule has 0 saturated carbocycles. The minimum atomic E-state index is -0.552. The minimum Gasteiger partial charge on any atom is -0.455 e. The summed E-state index contributed by atoms with van der Waals surface area (Å²) in [4.78, 5) is 12.2. The second-order valence-electron chi connectivity index (χ2n) is 4.05. The maximum absolute atomic E-state index is 13.7. The Bertz CT molecular complexity index is 809. The van der Waals surface area contributed by atoms with Crippen LogP contribution in [0.15, 0.2) is 57.7 Å². The normalized spacial score (nSPS) is 10.8. The Balaban J connectivity index is 2.41. The number of hydrogen-bond donors (Lipinski definition) is 0. The van der Waals surface area contributed by atoms with Gasteiger partial charge in [-0.1, -0.05) is 36.4 Å². The molecule has 0 unspecified atom stereocenters. The predicted molar refractivity (Wildman–Crippen MR) is 80.6 cm³/mol. The monoisotopic (exact) mass is 366 g/mol. The SMILES string of the molecule is O=c1c(I)c(-c2ccccc2)oc2cccc(F)c12. The van der Waals surface area contributed by atoms with Gasteiger partial charge in [0.25, 0.3) is 0 Å². The number of fused-ring (bicyclic) bond motifs is 1. The second kappa shape index (κ2) is 4.77. The van der Waals surface area contributed by atoms with Gasteiger partial charge in [0.1, 0.15) is 20.4 Å². The summed E-state index contributed by atoms with van der Waals surface area (Å²) in [5.74, 6) is -0.0759. The molecular weight excluding hydrogens is 358 g/mol. The fourth-order valence-electron chi connectivity index (χ4n) is 1.95. The highest BCUT2D eigenvalue weighted by atomic mass is 127. The van der Waals surface area contributed by atoms with Crippen LogP contribution in [0.5, 0.6) is 0 Å². The predicted octanol–water partition coefficient (Wildman–Crippen LogP) is 4.20. The summed E-state index contributed by atoms with van der Waals surface area (Å²) in [5.41, 5.74) is 0.734. The van der Waals surface area contributed by atoms with Gasteiger partial charge < -0.3 is 4.42 Å². The summed E-state index contributed by atoms with van der Waals surface area (Å²) in [6.45, 7) is 0. The summed E-state index contributed by atoms with van der Waals surface area (Å²) in [7, 11) is 0. The first-order valence-corrected chi connectivity index (χ1v) is 6.72. The Kier molecular flexibility index (Phi) is 3.10. The molecule has 2 aromatic carbocycles. The molecule has 0 amide bonds. The molecule has 0 aliphatic heterocycles. The Labute approximate surface area is 122 Å². The molecule has 1 heterocycles. The summed E-state index contributed by atoms with van der Waals surface area (Å²) in [5, 5.41) is 0.00609. The van der Waals surface area contributed by atoms with Crippen LogP contribution in [-0.4, -0.2) is 0 Å². The van der Waals surface area contributed by atoms with Gasteiger partial charge in [-0.3, -0.25) is 4.79 Å². The van der Waals surface area contributed by atoms with Crippen molar-refractivity contribution >= 4 is 33.6 Å². The number of rotatable bonds is 1. The van der Waals surface area contributed by atoms with Crippen molar-refractivity contribution in [3.63, 3.8) is 0 Å². The molecule has 0 aliphatic carbocycles. The van der Waals surface area contributed by atoms with E-state index in [0.717, 1.165) is 5.56 Å². The number of halogens is 2. The van der Waals surface area contributed by atoms with E-state index in [4.69, 9.17) is 4.42 Å². The van der Waals surface area contributed by atoms with Crippen LogP contribution in [0.3, 0.4) is 0 Å². The van der Waals surface area contributed by atoms with Gasteiger partial charge in [0.05, 0.1) is 0 Å².